The Hall–Kier alpha value is -1.59. The van der Waals surface area contributed by atoms with Gasteiger partial charge >= 0.3 is 6.18 Å². The lowest BCUT2D eigenvalue weighted by molar-refractivity contribution is -0.141. The van der Waals surface area contributed by atoms with Gasteiger partial charge < -0.3 is 4.90 Å². The van der Waals surface area contributed by atoms with Gasteiger partial charge in [0, 0.05) is 19.8 Å². The summed E-state index contributed by atoms with van der Waals surface area (Å²) in [6.07, 6.45) is -1.79. The minimum Gasteiger partial charge on any atom is -0.340 e. The maximum absolute atomic E-state index is 12.3. The number of nitrogens with zero attached hydrogens (tertiary/aromatic N) is 3. The zero-order chi connectivity index (χ0) is 11.5. The zero-order valence-corrected chi connectivity index (χ0v) is 8.12. The van der Waals surface area contributed by atoms with Crippen LogP contribution in [0.4, 0.5) is 19.1 Å². The summed E-state index contributed by atoms with van der Waals surface area (Å²) in [6.45, 7) is 3.87. The van der Waals surface area contributed by atoms with Crippen LogP contribution in [-0.4, -0.2) is 23.6 Å². The first-order chi connectivity index (χ1) is 6.95. The second-order valence-electron chi connectivity index (χ2n) is 2.91. The molecule has 0 aliphatic rings. The van der Waals surface area contributed by atoms with Crippen LogP contribution >= 0.6 is 0 Å². The summed E-state index contributed by atoms with van der Waals surface area (Å²) in [5.74, 6) is 0.0322. The van der Waals surface area contributed by atoms with E-state index >= 15 is 0 Å². The normalized spacial score (nSPS) is 11.2. The first-order valence-electron chi connectivity index (χ1n) is 4.17. The standard InChI is InChI=1S/C9H10F3N3/c1-3-6-15(2)8-13-5-4-7(14-8)9(10,11)12/h3-5H,1,6H2,2H3. The van der Waals surface area contributed by atoms with Crippen LogP contribution in [0.5, 0.6) is 0 Å². The number of alkyl halides is 3. The summed E-state index contributed by atoms with van der Waals surface area (Å²) in [7, 11) is 1.59. The van der Waals surface area contributed by atoms with Gasteiger partial charge in [-0.25, -0.2) is 9.97 Å². The van der Waals surface area contributed by atoms with Gasteiger partial charge in [0.05, 0.1) is 0 Å². The van der Waals surface area contributed by atoms with Crippen molar-refractivity contribution in [3.8, 4) is 0 Å². The molecule has 0 aliphatic heterocycles. The van der Waals surface area contributed by atoms with Crippen molar-refractivity contribution in [2.45, 2.75) is 6.18 Å². The minimum absolute atomic E-state index is 0.0322. The van der Waals surface area contributed by atoms with E-state index in [1.807, 2.05) is 0 Å². The largest absolute Gasteiger partial charge is 0.433 e. The molecule has 1 aromatic rings. The van der Waals surface area contributed by atoms with Gasteiger partial charge in [0.15, 0.2) is 0 Å². The number of hydrogen-bond donors (Lipinski definition) is 0. The van der Waals surface area contributed by atoms with E-state index in [0.29, 0.717) is 6.54 Å². The minimum atomic E-state index is -4.44. The Morgan fingerprint density at radius 2 is 2.20 bits per heavy atom. The first-order valence-corrected chi connectivity index (χ1v) is 4.17. The molecular weight excluding hydrogens is 207 g/mol. The molecule has 82 valence electrons. The van der Waals surface area contributed by atoms with Crippen LogP contribution < -0.4 is 4.90 Å². The fourth-order valence-corrected chi connectivity index (χ4v) is 0.965. The summed E-state index contributed by atoms with van der Waals surface area (Å²) in [5.41, 5.74) is -0.941. The third-order valence-corrected chi connectivity index (χ3v) is 1.68. The molecule has 3 nitrogen and oxygen atoms in total. The molecule has 1 heterocycles. The smallest absolute Gasteiger partial charge is 0.340 e. The second-order valence-corrected chi connectivity index (χ2v) is 2.91. The molecule has 0 saturated heterocycles. The highest BCUT2D eigenvalue weighted by molar-refractivity contribution is 5.30. The van der Waals surface area contributed by atoms with E-state index in [0.717, 1.165) is 12.3 Å². The predicted molar refractivity (Wildman–Crippen MR) is 50.5 cm³/mol. The summed E-state index contributed by atoms with van der Waals surface area (Å²) >= 11 is 0. The molecule has 0 aromatic carbocycles. The molecule has 0 spiro atoms. The molecular formula is C9H10F3N3. The first kappa shape index (κ1) is 11.5. The Morgan fingerprint density at radius 3 is 2.73 bits per heavy atom. The Kier molecular flexibility index (Phi) is 3.28. The van der Waals surface area contributed by atoms with Gasteiger partial charge in [0.25, 0.3) is 0 Å². The van der Waals surface area contributed by atoms with Crippen LogP contribution in [-0.2, 0) is 6.18 Å². The van der Waals surface area contributed by atoms with Crippen molar-refractivity contribution < 1.29 is 13.2 Å². The number of rotatable bonds is 3. The molecule has 0 radical (unpaired) electrons. The van der Waals surface area contributed by atoms with Crippen LogP contribution in [0.15, 0.2) is 24.9 Å². The monoisotopic (exact) mass is 217 g/mol. The summed E-state index contributed by atoms with van der Waals surface area (Å²) in [5, 5.41) is 0. The van der Waals surface area contributed by atoms with Crippen molar-refractivity contribution in [3.05, 3.63) is 30.6 Å². The molecule has 0 bridgehead atoms. The predicted octanol–water partition coefficient (Wildman–Crippen LogP) is 2.12. The van der Waals surface area contributed by atoms with Gasteiger partial charge in [-0.1, -0.05) is 6.08 Å². The number of halogens is 3. The molecule has 1 rings (SSSR count). The van der Waals surface area contributed by atoms with E-state index in [1.165, 1.54) is 4.90 Å². The number of anilines is 1. The molecule has 0 atom stereocenters. The summed E-state index contributed by atoms with van der Waals surface area (Å²) < 4.78 is 36.9. The lowest BCUT2D eigenvalue weighted by Crippen LogP contribution is -2.21. The number of aromatic nitrogens is 2. The summed E-state index contributed by atoms with van der Waals surface area (Å²) in [6, 6.07) is 0.839. The average Bonchev–Trinajstić information content (AvgIpc) is 2.17. The Bertz CT molecular complexity index is 349. The van der Waals surface area contributed by atoms with Crippen molar-refractivity contribution in [1.29, 1.82) is 0 Å². The van der Waals surface area contributed by atoms with E-state index in [4.69, 9.17) is 0 Å². The Balaban J connectivity index is 2.97. The fourth-order valence-electron chi connectivity index (χ4n) is 0.965. The highest BCUT2D eigenvalue weighted by Crippen LogP contribution is 2.27. The third kappa shape index (κ3) is 2.93. The highest BCUT2D eigenvalue weighted by atomic mass is 19.4. The molecule has 1 aromatic heterocycles. The number of hydrogen-bond acceptors (Lipinski definition) is 3. The van der Waals surface area contributed by atoms with Crippen LogP contribution in [0.3, 0.4) is 0 Å². The lowest BCUT2D eigenvalue weighted by atomic mass is 10.4. The van der Waals surface area contributed by atoms with Gasteiger partial charge in [-0.15, -0.1) is 6.58 Å². The summed E-state index contributed by atoms with van der Waals surface area (Å²) in [4.78, 5) is 8.62. The van der Waals surface area contributed by atoms with E-state index in [1.54, 1.807) is 13.1 Å². The van der Waals surface area contributed by atoms with E-state index in [-0.39, 0.29) is 5.95 Å². The quantitative estimate of drug-likeness (QED) is 0.726. The van der Waals surface area contributed by atoms with E-state index in [9.17, 15) is 13.2 Å². The maximum atomic E-state index is 12.3. The molecule has 6 heteroatoms. The fraction of sp³-hybridized carbons (Fsp3) is 0.333. The van der Waals surface area contributed by atoms with Gasteiger partial charge in [0.1, 0.15) is 5.69 Å². The molecule has 15 heavy (non-hydrogen) atoms. The van der Waals surface area contributed by atoms with Crippen molar-refractivity contribution in [2.75, 3.05) is 18.5 Å². The highest BCUT2D eigenvalue weighted by Gasteiger charge is 2.32. The zero-order valence-electron chi connectivity index (χ0n) is 8.12. The molecule has 0 amide bonds. The van der Waals surface area contributed by atoms with Crippen molar-refractivity contribution in [3.63, 3.8) is 0 Å². The van der Waals surface area contributed by atoms with E-state index in [2.05, 4.69) is 16.5 Å². The molecule has 0 N–H and O–H groups in total. The van der Waals surface area contributed by atoms with Gasteiger partial charge in [-0.3, -0.25) is 0 Å². The van der Waals surface area contributed by atoms with E-state index < -0.39 is 11.9 Å². The third-order valence-electron chi connectivity index (χ3n) is 1.68. The lowest BCUT2D eigenvalue weighted by Gasteiger charge is -2.15. The second kappa shape index (κ2) is 4.29. The average molecular weight is 217 g/mol. The van der Waals surface area contributed by atoms with Gasteiger partial charge in [-0.05, 0) is 6.07 Å². The number of likely N-dealkylation sites (N-methyl/N-ethyl adjacent to an activating group) is 1. The van der Waals surface area contributed by atoms with Crippen molar-refractivity contribution in [1.82, 2.24) is 9.97 Å². The van der Waals surface area contributed by atoms with Crippen molar-refractivity contribution in [2.24, 2.45) is 0 Å². The Labute approximate surface area is 85.3 Å². The molecule has 0 aliphatic carbocycles. The van der Waals surface area contributed by atoms with Crippen LogP contribution in [0.25, 0.3) is 0 Å². The molecule has 0 fully saturated rings. The molecule has 0 saturated carbocycles. The van der Waals surface area contributed by atoms with Crippen LogP contribution in [0, 0.1) is 0 Å². The van der Waals surface area contributed by atoms with Gasteiger partial charge in [0.2, 0.25) is 5.95 Å². The SMILES string of the molecule is C=CCN(C)c1nccc(C(F)(F)F)n1. The van der Waals surface area contributed by atoms with Crippen molar-refractivity contribution >= 4 is 5.95 Å². The maximum Gasteiger partial charge on any atom is 0.433 e. The van der Waals surface area contributed by atoms with Crippen LogP contribution in [0.2, 0.25) is 0 Å². The Morgan fingerprint density at radius 1 is 1.53 bits per heavy atom. The van der Waals surface area contributed by atoms with Gasteiger partial charge in [-0.2, -0.15) is 13.2 Å². The molecule has 0 unspecified atom stereocenters. The topological polar surface area (TPSA) is 29.0 Å². The van der Waals surface area contributed by atoms with Crippen LogP contribution in [0.1, 0.15) is 5.69 Å².